The van der Waals surface area contributed by atoms with Gasteiger partial charge in [-0.2, -0.15) is 0 Å². The van der Waals surface area contributed by atoms with Gasteiger partial charge in [-0.05, 0) is 57.6 Å². The number of fused-ring (bicyclic) bond motifs is 8. The molecule has 2 fully saturated rings. The van der Waals surface area contributed by atoms with E-state index in [1.807, 2.05) is 25.2 Å². The first-order valence-electron chi connectivity index (χ1n) is 14.3. The standard InChI is InChI=1S/C27H30N2O.C6H7NO4/c1-6-10-22-21(7-2)28-25-23-19-15-16(3)13-14-20(19)27(4,5)30-26(23)18-12-9-8-11-17(18)24(25)29-22;1-4(8)11-7-5(9)2-3-6(7)10/h6-12,16,19-20H,2,13-15H2,1,3-5H3;2-3H2,1H3/b10-6-;. The third-order valence-electron chi connectivity index (χ3n) is 8.36. The molecule has 1 saturated carbocycles. The lowest BCUT2D eigenvalue weighted by Gasteiger charge is -2.49. The summed E-state index contributed by atoms with van der Waals surface area (Å²) in [7, 11) is 0. The van der Waals surface area contributed by atoms with Crippen LogP contribution in [0.2, 0.25) is 0 Å². The number of nitrogens with zero attached hydrogens (tertiary/aromatic N) is 3. The van der Waals surface area contributed by atoms with E-state index in [0.29, 0.717) is 22.8 Å². The molecule has 1 aliphatic carbocycles. The molecule has 8 heteroatoms. The van der Waals surface area contributed by atoms with Gasteiger partial charge in [0, 0.05) is 42.0 Å². The number of hydrogen-bond donors (Lipinski definition) is 0. The Hall–Kier alpha value is -4.07. The third-order valence-corrected chi connectivity index (χ3v) is 8.36. The molecule has 3 atom stereocenters. The fourth-order valence-corrected chi connectivity index (χ4v) is 6.52. The van der Waals surface area contributed by atoms with Crippen molar-refractivity contribution in [1.29, 1.82) is 0 Å². The van der Waals surface area contributed by atoms with E-state index in [4.69, 9.17) is 14.7 Å². The highest BCUT2D eigenvalue weighted by Crippen LogP contribution is 2.56. The summed E-state index contributed by atoms with van der Waals surface area (Å²) in [5.41, 5.74) is 4.75. The Morgan fingerprint density at radius 3 is 2.37 bits per heavy atom. The molecular weight excluding hydrogens is 518 g/mol. The second-order valence-corrected chi connectivity index (χ2v) is 11.7. The fourth-order valence-electron chi connectivity index (χ4n) is 6.52. The minimum absolute atomic E-state index is 0.131. The first-order valence-corrected chi connectivity index (χ1v) is 14.3. The van der Waals surface area contributed by atoms with Gasteiger partial charge in [0.25, 0.3) is 11.8 Å². The topological polar surface area (TPSA) is 98.7 Å². The molecule has 0 N–H and O–H groups in total. The van der Waals surface area contributed by atoms with Gasteiger partial charge in [-0.25, -0.2) is 14.8 Å². The Balaban J connectivity index is 0.000000259. The summed E-state index contributed by atoms with van der Waals surface area (Å²) in [5.74, 6) is 1.10. The zero-order valence-corrected chi connectivity index (χ0v) is 24.4. The van der Waals surface area contributed by atoms with Gasteiger partial charge in [-0.3, -0.25) is 9.59 Å². The Bertz CT molecular complexity index is 1580. The molecule has 8 nitrogen and oxygen atoms in total. The van der Waals surface area contributed by atoms with Crippen molar-refractivity contribution in [3.8, 4) is 5.75 Å². The van der Waals surface area contributed by atoms with Gasteiger partial charge in [-0.1, -0.05) is 50.3 Å². The molecule has 2 amide bonds. The van der Waals surface area contributed by atoms with Crippen LogP contribution in [-0.2, 0) is 19.2 Å². The molecule has 3 aromatic rings. The van der Waals surface area contributed by atoms with Gasteiger partial charge in [0.1, 0.15) is 11.4 Å². The zero-order valence-electron chi connectivity index (χ0n) is 24.4. The minimum atomic E-state index is -0.659. The minimum Gasteiger partial charge on any atom is -0.487 e. The lowest BCUT2D eigenvalue weighted by atomic mass is 9.64. The molecule has 0 bridgehead atoms. The summed E-state index contributed by atoms with van der Waals surface area (Å²) in [5, 5.41) is 2.78. The van der Waals surface area contributed by atoms with Crippen molar-refractivity contribution in [1.82, 2.24) is 15.0 Å². The van der Waals surface area contributed by atoms with Gasteiger partial charge >= 0.3 is 5.97 Å². The van der Waals surface area contributed by atoms with Crippen molar-refractivity contribution < 1.29 is 24.0 Å². The summed E-state index contributed by atoms with van der Waals surface area (Å²) in [6.07, 6.45) is 9.75. The van der Waals surface area contributed by atoms with Crippen LogP contribution < -0.4 is 4.74 Å². The van der Waals surface area contributed by atoms with E-state index in [9.17, 15) is 14.4 Å². The van der Waals surface area contributed by atoms with E-state index in [-0.39, 0.29) is 18.4 Å². The van der Waals surface area contributed by atoms with E-state index in [1.165, 1.54) is 24.8 Å². The van der Waals surface area contributed by atoms with Crippen molar-refractivity contribution in [2.75, 3.05) is 0 Å². The SMILES string of the molecule is C=Cc1nc2c3c(c4ccccc4c2nc1/C=C\C)OC(C)(C)C1CCC(C)CC31.CC(=O)ON1C(=O)CCC1=O. The first-order chi connectivity index (χ1) is 19.6. The molecule has 3 unspecified atom stereocenters. The molecule has 1 aromatic heterocycles. The van der Waals surface area contributed by atoms with Crippen molar-refractivity contribution in [2.45, 2.75) is 78.2 Å². The maximum atomic E-state index is 10.7. The van der Waals surface area contributed by atoms with Gasteiger partial charge in [0.15, 0.2) is 0 Å². The number of hydrogen-bond acceptors (Lipinski definition) is 7. The van der Waals surface area contributed by atoms with Crippen LogP contribution in [-0.4, -0.2) is 38.4 Å². The highest BCUT2D eigenvalue weighted by molar-refractivity contribution is 6.10. The Labute approximate surface area is 240 Å². The Morgan fingerprint density at radius 1 is 1.07 bits per heavy atom. The summed E-state index contributed by atoms with van der Waals surface area (Å²) in [6, 6.07) is 8.49. The molecule has 2 aliphatic heterocycles. The van der Waals surface area contributed by atoms with Crippen molar-refractivity contribution >= 4 is 51.7 Å². The molecule has 214 valence electrons. The number of ether oxygens (including phenoxy) is 1. The molecule has 0 radical (unpaired) electrons. The predicted molar refractivity (Wildman–Crippen MR) is 159 cm³/mol. The normalized spacial score (nSPS) is 23.0. The van der Waals surface area contributed by atoms with E-state index < -0.39 is 17.8 Å². The van der Waals surface area contributed by atoms with Gasteiger partial charge < -0.3 is 9.57 Å². The monoisotopic (exact) mass is 555 g/mol. The second-order valence-electron chi connectivity index (χ2n) is 11.7. The zero-order chi connectivity index (χ0) is 29.5. The number of carbonyl (C=O) groups is 3. The maximum absolute atomic E-state index is 10.7. The molecule has 1 saturated heterocycles. The number of hydroxylamine groups is 2. The van der Waals surface area contributed by atoms with Crippen LogP contribution in [0.5, 0.6) is 5.75 Å². The van der Waals surface area contributed by atoms with Gasteiger partial charge in [-0.15, -0.1) is 5.06 Å². The lowest BCUT2D eigenvalue weighted by molar-refractivity contribution is -0.195. The van der Waals surface area contributed by atoms with Gasteiger partial charge in [0.05, 0.1) is 22.4 Å². The third kappa shape index (κ3) is 5.23. The van der Waals surface area contributed by atoms with Crippen molar-refractivity contribution in [3.63, 3.8) is 0 Å². The molecule has 0 spiro atoms. The summed E-state index contributed by atoms with van der Waals surface area (Å²) in [4.78, 5) is 46.4. The van der Waals surface area contributed by atoms with Crippen LogP contribution in [0, 0.1) is 11.8 Å². The van der Waals surface area contributed by atoms with Crippen LogP contribution in [0.15, 0.2) is 36.9 Å². The summed E-state index contributed by atoms with van der Waals surface area (Å²) in [6.45, 7) is 14.1. The Morgan fingerprint density at radius 2 is 1.73 bits per heavy atom. The summed E-state index contributed by atoms with van der Waals surface area (Å²) >= 11 is 0. The van der Waals surface area contributed by atoms with E-state index in [1.54, 1.807) is 0 Å². The molecule has 3 heterocycles. The van der Waals surface area contributed by atoms with E-state index >= 15 is 0 Å². The van der Waals surface area contributed by atoms with Crippen LogP contribution in [0.3, 0.4) is 0 Å². The summed E-state index contributed by atoms with van der Waals surface area (Å²) < 4.78 is 6.79. The van der Waals surface area contributed by atoms with Crippen LogP contribution in [0.25, 0.3) is 34.0 Å². The highest BCUT2D eigenvalue weighted by Gasteiger charge is 2.47. The van der Waals surface area contributed by atoms with E-state index in [0.717, 1.165) is 45.9 Å². The smallest absolute Gasteiger partial charge is 0.330 e. The van der Waals surface area contributed by atoms with Crippen molar-refractivity contribution in [2.24, 2.45) is 11.8 Å². The second kappa shape index (κ2) is 11.1. The van der Waals surface area contributed by atoms with E-state index in [2.05, 4.69) is 56.5 Å². The predicted octanol–water partition coefficient (Wildman–Crippen LogP) is 6.76. The van der Waals surface area contributed by atoms with Crippen LogP contribution >= 0.6 is 0 Å². The number of allylic oxidation sites excluding steroid dienone is 1. The molecule has 2 aromatic carbocycles. The van der Waals surface area contributed by atoms with Crippen LogP contribution in [0.4, 0.5) is 0 Å². The number of carbonyl (C=O) groups excluding carboxylic acids is 3. The number of amides is 2. The largest absolute Gasteiger partial charge is 0.487 e. The molecule has 3 aliphatic rings. The number of aromatic nitrogens is 2. The quantitative estimate of drug-likeness (QED) is 0.260. The lowest BCUT2D eigenvalue weighted by Crippen LogP contribution is -2.46. The molecule has 6 rings (SSSR count). The van der Waals surface area contributed by atoms with Crippen LogP contribution in [0.1, 0.15) is 89.6 Å². The van der Waals surface area contributed by atoms with Gasteiger partial charge in [0.2, 0.25) is 0 Å². The van der Waals surface area contributed by atoms with Crippen molar-refractivity contribution in [3.05, 3.63) is 53.9 Å². The average Bonchev–Trinajstić information content (AvgIpc) is 3.24. The maximum Gasteiger partial charge on any atom is 0.330 e. The first kappa shape index (κ1) is 28.5. The number of rotatable bonds is 3. The highest BCUT2D eigenvalue weighted by atomic mass is 16.7. The Kier molecular flexibility index (Phi) is 7.68. The average molecular weight is 556 g/mol. The molecular formula is C33H37N3O5. The fraction of sp³-hybridized carbons (Fsp3) is 0.424. The molecule has 41 heavy (non-hydrogen) atoms. The number of imide groups is 1. The number of benzene rings is 2.